The second kappa shape index (κ2) is 7.61. The van der Waals surface area contributed by atoms with Crippen LogP contribution in [0, 0.1) is 11.3 Å². The Morgan fingerprint density at radius 2 is 2.13 bits per heavy atom. The van der Waals surface area contributed by atoms with Crippen molar-refractivity contribution in [2.45, 2.75) is 44.9 Å². The Kier molecular flexibility index (Phi) is 5.09. The average molecular weight is 423 g/mol. The molecule has 0 unspecified atom stereocenters. The number of piperidine rings is 1. The molecule has 1 aliphatic heterocycles. The van der Waals surface area contributed by atoms with E-state index in [2.05, 4.69) is 15.0 Å². The number of halogens is 1. The van der Waals surface area contributed by atoms with Crippen LogP contribution in [-0.4, -0.2) is 44.6 Å². The zero-order valence-electron chi connectivity index (χ0n) is 17.6. The molecule has 1 saturated heterocycles. The summed E-state index contributed by atoms with van der Waals surface area (Å²) < 4.78 is 27.0. The highest BCUT2D eigenvalue weighted by molar-refractivity contribution is 5.79. The van der Waals surface area contributed by atoms with Crippen LogP contribution in [-0.2, 0) is 10.4 Å². The second-order valence-corrected chi connectivity index (χ2v) is 8.57. The minimum atomic E-state index is -1.91. The van der Waals surface area contributed by atoms with Gasteiger partial charge in [-0.1, -0.05) is 0 Å². The van der Waals surface area contributed by atoms with E-state index in [4.69, 9.17) is 14.4 Å². The zero-order valence-corrected chi connectivity index (χ0v) is 17.6. The van der Waals surface area contributed by atoms with Crippen LogP contribution in [0.4, 0.5) is 9.18 Å². The first-order chi connectivity index (χ1) is 14.7. The Labute approximate surface area is 178 Å². The van der Waals surface area contributed by atoms with E-state index in [1.807, 2.05) is 6.07 Å². The summed E-state index contributed by atoms with van der Waals surface area (Å²) in [6.45, 7) is 5.55. The monoisotopic (exact) mass is 423 g/mol. The quantitative estimate of drug-likeness (QED) is 0.603. The molecule has 1 atom stereocenters. The molecule has 9 heteroatoms. The number of likely N-dealkylation sites (tertiary alicyclic amines) is 1. The second-order valence-electron chi connectivity index (χ2n) is 8.57. The van der Waals surface area contributed by atoms with Crippen LogP contribution in [0.5, 0.6) is 0 Å². The Bertz CT molecular complexity index is 1180. The molecule has 3 aromatic rings. The van der Waals surface area contributed by atoms with E-state index in [0.29, 0.717) is 35.3 Å². The van der Waals surface area contributed by atoms with E-state index in [0.717, 1.165) is 0 Å². The third-order valence-corrected chi connectivity index (χ3v) is 4.94. The number of alkyl halides is 1. The number of fused-ring (bicyclic) bond motifs is 1. The van der Waals surface area contributed by atoms with Gasteiger partial charge in [0.05, 0.1) is 12.2 Å². The highest BCUT2D eigenvalue weighted by Gasteiger charge is 2.44. The van der Waals surface area contributed by atoms with Crippen LogP contribution in [0.3, 0.4) is 0 Å². The minimum absolute atomic E-state index is 0.0617. The fourth-order valence-corrected chi connectivity index (χ4v) is 3.52. The normalized spacial score (nSPS) is 19.3. The van der Waals surface area contributed by atoms with Gasteiger partial charge >= 0.3 is 6.09 Å². The summed E-state index contributed by atoms with van der Waals surface area (Å²) in [6.07, 6.45) is 1.43. The van der Waals surface area contributed by atoms with Gasteiger partial charge in [-0.2, -0.15) is 5.26 Å². The smallest absolute Gasteiger partial charge is 0.410 e. The van der Waals surface area contributed by atoms with E-state index in [1.165, 1.54) is 11.2 Å². The van der Waals surface area contributed by atoms with Crippen molar-refractivity contribution in [1.82, 2.24) is 19.9 Å². The lowest BCUT2D eigenvalue weighted by Gasteiger charge is -2.36. The molecule has 2 aromatic heterocycles. The molecule has 0 N–H and O–H groups in total. The number of rotatable bonds is 2. The lowest BCUT2D eigenvalue weighted by Crippen LogP contribution is -2.48. The summed E-state index contributed by atoms with van der Waals surface area (Å²) in [6, 6.07) is 8.72. The number of ether oxygens (including phenoxy) is 1. The SMILES string of the molecule is CC(C)(C)OC(=O)N1CCC[C@](F)(c2nc3cc(-c4cc(C#N)ncn4)ccc3o2)C1. The predicted octanol–water partition coefficient (Wildman–Crippen LogP) is 4.35. The fraction of sp³-hybridized carbons (Fsp3) is 0.409. The third-order valence-electron chi connectivity index (χ3n) is 4.94. The summed E-state index contributed by atoms with van der Waals surface area (Å²) in [5, 5.41) is 9.03. The van der Waals surface area contributed by atoms with Crippen LogP contribution in [0.25, 0.3) is 22.4 Å². The molecule has 0 radical (unpaired) electrons. The van der Waals surface area contributed by atoms with E-state index >= 15 is 4.39 Å². The summed E-state index contributed by atoms with van der Waals surface area (Å²) in [5.41, 5.74) is -0.153. The summed E-state index contributed by atoms with van der Waals surface area (Å²) in [5.74, 6) is -0.0617. The number of benzene rings is 1. The Morgan fingerprint density at radius 1 is 1.32 bits per heavy atom. The molecule has 0 aliphatic carbocycles. The molecule has 1 amide bonds. The van der Waals surface area contributed by atoms with E-state index in [9.17, 15) is 4.79 Å². The zero-order chi connectivity index (χ0) is 22.2. The number of hydrogen-bond acceptors (Lipinski definition) is 7. The number of oxazole rings is 1. The Balaban J connectivity index is 1.61. The maximum absolute atomic E-state index is 15.8. The number of carbonyl (C=O) groups is 1. The average Bonchev–Trinajstić information content (AvgIpc) is 3.17. The van der Waals surface area contributed by atoms with E-state index in [1.54, 1.807) is 45.0 Å². The molecule has 1 aromatic carbocycles. The standard InChI is InChI=1S/C22H22FN5O3/c1-21(2,3)31-20(29)28-8-4-7-22(23,12-28)19-27-17-9-14(5-6-18(17)30-19)16-10-15(11-24)25-13-26-16/h5-6,9-10,13H,4,7-8,12H2,1-3H3/t22-/m1/s1. The highest BCUT2D eigenvalue weighted by Crippen LogP contribution is 2.37. The molecule has 4 rings (SSSR count). The number of carbonyl (C=O) groups excluding carboxylic acids is 1. The van der Waals surface area contributed by atoms with Gasteiger partial charge in [-0.3, -0.25) is 0 Å². The van der Waals surface area contributed by atoms with Gasteiger partial charge in [0.2, 0.25) is 11.6 Å². The van der Waals surface area contributed by atoms with Crippen molar-refractivity contribution in [2.24, 2.45) is 0 Å². The molecule has 1 fully saturated rings. The molecule has 31 heavy (non-hydrogen) atoms. The van der Waals surface area contributed by atoms with Crippen molar-refractivity contribution in [3.63, 3.8) is 0 Å². The maximum Gasteiger partial charge on any atom is 0.410 e. The summed E-state index contributed by atoms with van der Waals surface area (Å²) in [7, 11) is 0. The van der Waals surface area contributed by atoms with Crippen LogP contribution >= 0.6 is 0 Å². The molecule has 1 aliphatic rings. The van der Waals surface area contributed by atoms with Gasteiger partial charge in [0.1, 0.15) is 29.2 Å². The number of hydrogen-bond donors (Lipinski definition) is 0. The number of nitrogens with zero attached hydrogens (tertiary/aromatic N) is 5. The third kappa shape index (κ3) is 4.33. The van der Waals surface area contributed by atoms with Crippen LogP contribution in [0.1, 0.15) is 45.2 Å². The molecule has 3 heterocycles. The summed E-state index contributed by atoms with van der Waals surface area (Å²) >= 11 is 0. The molecular formula is C22H22FN5O3. The lowest BCUT2D eigenvalue weighted by molar-refractivity contribution is -0.0140. The molecule has 0 spiro atoms. The first kappa shape index (κ1) is 20.7. The Morgan fingerprint density at radius 3 is 2.87 bits per heavy atom. The van der Waals surface area contributed by atoms with Gasteiger partial charge in [0, 0.05) is 18.2 Å². The summed E-state index contributed by atoms with van der Waals surface area (Å²) in [4.78, 5) is 26.2. The lowest BCUT2D eigenvalue weighted by atomic mass is 9.95. The van der Waals surface area contributed by atoms with Crippen molar-refractivity contribution in [2.75, 3.05) is 13.1 Å². The minimum Gasteiger partial charge on any atom is -0.444 e. The van der Waals surface area contributed by atoms with Crippen molar-refractivity contribution in [3.8, 4) is 17.3 Å². The van der Waals surface area contributed by atoms with Gasteiger partial charge in [0.25, 0.3) is 0 Å². The number of aromatic nitrogens is 3. The van der Waals surface area contributed by atoms with Crippen LogP contribution in [0.2, 0.25) is 0 Å². The van der Waals surface area contributed by atoms with Crippen LogP contribution < -0.4 is 0 Å². The highest BCUT2D eigenvalue weighted by atomic mass is 19.1. The first-order valence-corrected chi connectivity index (χ1v) is 9.97. The molecule has 160 valence electrons. The van der Waals surface area contributed by atoms with Crippen molar-refractivity contribution in [1.29, 1.82) is 5.26 Å². The topological polar surface area (TPSA) is 105 Å². The van der Waals surface area contributed by atoms with Gasteiger partial charge in [-0.05, 0) is 51.8 Å². The van der Waals surface area contributed by atoms with Crippen LogP contribution in [0.15, 0.2) is 35.0 Å². The van der Waals surface area contributed by atoms with E-state index in [-0.39, 0.29) is 24.6 Å². The van der Waals surface area contributed by atoms with Gasteiger partial charge in [-0.25, -0.2) is 24.1 Å². The van der Waals surface area contributed by atoms with E-state index < -0.39 is 17.4 Å². The largest absolute Gasteiger partial charge is 0.444 e. The number of nitriles is 1. The number of amides is 1. The maximum atomic E-state index is 15.8. The van der Waals surface area contributed by atoms with Crippen molar-refractivity contribution >= 4 is 17.2 Å². The van der Waals surface area contributed by atoms with Gasteiger partial charge in [0.15, 0.2) is 5.58 Å². The predicted molar refractivity (Wildman–Crippen MR) is 110 cm³/mol. The molecule has 0 saturated carbocycles. The van der Waals surface area contributed by atoms with Gasteiger partial charge in [-0.15, -0.1) is 0 Å². The molecular weight excluding hydrogens is 401 g/mol. The Hall–Kier alpha value is -3.54. The molecule has 0 bridgehead atoms. The van der Waals surface area contributed by atoms with Gasteiger partial charge < -0.3 is 14.1 Å². The first-order valence-electron chi connectivity index (χ1n) is 9.97. The fourth-order valence-electron chi connectivity index (χ4n) is 3.52. The van der Waals surface area contributed by atoms with Crippen molar-refractivity contribution in [3.05, 3.63) is 42.2 Å². The molecule has 8 nitrogen and oxygen atoms in total. The van der Waals surface area contributed by atoms with Crippen molar-refractivity contribution < 1.29 is 18.3 Å².